The van der Waals surface area contributed by atoms with Gasteiger partial charge in [0, 0.05) is 43.5 Å². The minimum Gasteiger partial charge on any atom is -0.469 e. The number of rotatable bonds is 14. The summed E-state index contributed by atoms with van der Waals surface area (Å²) in [7, 11) is 1.27. The number of ether oxygens (including phenoxy) is 4. The van der Waals surface area contributed by atoms with E-state index in [0.29, 0.717) is 44.7 Å². The maximum atomic E-state index is 11.8. The van der Waals surface area contributed by atoms with Crippen LogP contribution in [0.5, 0.6) is 0 Å². The summed E-state index contributed by atoms with van der Waals surface area (Å²) in [6.07, 6.45) is 2.29. The van der Waals surface area contributed by atoms with Gasteiger partial charge in [-0.25, -0.2) is 0 Å². The minimum absolute atomic E-state index is 0.00927. The Balaban J connectivity index is 1.52. The summed E-state index contributed by atoms with van der Waals surface area (Å²) in [5, 5.41) is 6.51. The fourth-order valence-electron chi connectivity index (χ4n) is 3.60. The van der Waals surface area contributed by atoms with Crippen LogP contribution in [0.2, 0.25) is 0 Å². The van der Waals surface area contributed by atoms with Crippen molar-refractivity contribution in [2.75, 3.05) is 45.6 Å². The van der Waals surface area contributed by atoms with Crippen molar-refractivity contribution in [3.05, 3.63) is 0 Å². The van der Waals surface area contributed by atoms with E-state index in [-0.39, 0.29) is 47.6 Å². The first-order valence-electron chi connectivity index (χ1n) is 11.8. The van der Waals surface area contributed by atoms with E-state index in [4.69, 9.17) is 14.2 Å². The number of Topliss-reactive ketones (excluding diaryl/α,β-unsaturated/α-hetero) is 1. The Labute approximate surface area is 205 Å². The third-order valence-corrected chi connectivity index (χ3v) is 6.62. The van der Waals surface area contributed by atoms with Crippen molar-refractivity contribution >= 4 is 34.6 Å². The summed E-state index contributed by atoms with van der Waals surface area (Å²) >= 11 is 1.12. The zero-order valence-corrected chi connectivity index (χ0v) is 21.3. The molecule has 2 rings (SSSR count). The van der Waals surface area contributed by atoms with E-state index in [2.05, 4.69) is 29.2 Å². The van der Waals surface area contributed by atoms with Crippen molar-refractivity contribution in [3.8, 4) is 0 Å². The Morgan fingerprint density at radius 2 is 1.91 bits per heavy atom. The fourth-order valence-corrected chi connectivity index (χ4v) is 4.34. The molecule has 0 aromatic rings. The van der Waals surface area contributed by atoms with E-state index in [0.717, 1.165) is 31.3 Å². The van der Waals surface area contributed by atoms with E-state index in [9.17, 15) is 19.2 Å². The zero-order chi connectivity index (χ0) is 25.0. The maximum Gasteiger partial charge on any atom is 0.329 e. The first-order chi connectivity index (χ1) is 16.2. The summed E-state index contributed by atoms with van der Waals surface area (Å²) in [6, 6.07) is 0. The number of nitrogens with one attached hydrogen (secondary N) is 2. The maximum absolute atomic E-state index is 11.8. The number of thioether (sulfide) groups is 1. The number of carbonyl (C=O) groups excluding carboxylic acids is 4. The van der Waals surface area contributed by atoms with Gasteiger partial charge < -0.3 is 29.6 Å². The lowest BCUT2D eigenvalue weighted by molar-refractivity contribution is -0.427. The molecule has 2 fully saturated rings. The topological polar surface area (TPSA) is 129 Å². The summed E-state index contributed by atoms with van der Waals surface area (Å²) in [4.78, 5) is 46.2. The van der Waals surface area contributed by atoms with Crippen LogP contribution in [0, 0.1) is 5.41 Å². The third kappa shape index (κ3) is 9.99. The molecule has 34 heavy (non-hydrogen) atoms. The molecule has 1 spiro atoms. The molecule has 1 unspecified atom stereocenters. The van der Waals surface area contributed by atoms with Gasteiger partial charge in [0.25, 0.3) is 0 Å². The van der Waals surface area contributed by atoms with Gasteiger partial charge in [0.05, 0.1) is 32.7 Å². The number of esters is 2. The molecule has 0 saturated carbocycles. The molecular weight excluding hydrogens is 464 g/mol. The Bertz CT molecular complexity index is 717. The van der Waals surface area contributed by atoms with Crippen LogP contribution in [0.1, 0.15) is 58.8 Å². The molecule has 2 aliphatic heterocycles. The smallest absolute Gasteiger partial charge is 0.329 e. The van der Waals surface area contributed by atoms with Gasteiger partial charge in [-0.3, -0.25) is 19.2 Å². The number of hydrogen-bond donors (Lipinski definition) is 2. The van der Waals surface area contributed by atoms with Crippen LogP contribution in [0.4, 0.5) is 0 Å². The molecule has 0 bridgehead atoms. The Morgan fingerprint density at radius 1 is 1.15 bits per heavy atom. The van der Waals surface area contributed by atoms with E-state index in [1.54, 1.807) is 0 Å². The summed E-state index contributed by atoms with van der Waals surface area (Å²) in [6.45, 7) is 7.48. The van der Waals surface area contributed by atoms with Crippen LogP contribution in [0.3, 0.4) is 0 Å². The van der Waals surface area contributed by atoms with Gasteiger partial charge >= 0.3 is 17.9 Å². The lowest BCUT2D eigenvalue weighted by atomic mass is 9.86. The van der Waals surface area contributed by atoms with E-state index < -0.39 is 11.9 Å². The second-order valence-corrected chi connectivity index (χ2v) is 10.4. The molecule has 11 heteroatoms. The van der Waals surface area contributed by atoms with Gasteiger partial charge in [0.2, 0.25) is 0 Å². The minimum atomic E-state index is -1.24. The molecule has 2 saturated heterocycles. The van der Waals surface area contributed by atoms with Crippen molar-refractivity contribution in [2.45, 2.75) is 70.9 Å². The zero-order valence-electron chi connectivity index (χ0n) is 20.4. The van der Waals surface area contributed by atoms with Gasteiger partial charge in [0.15, 0.2) is 5.12 Å². The standard InChI is InChI=1S/C23H38N2O8S/c1-22(2)16-31-23(9-4-6-20(28)33-23)32-18(22)15-25-11-5-10-24-12-13-34-21(29)14-17(26)7-8-19(27)30-3/h18,24-25H,4-16H2,1-3H3/t18-,23?/m0/s1. The van der Waals surface area contributed by atoms with E-state index in [1.165, 1.54) is 7.11 Å². The number of ketones is 1. The van der Waals surface area contributed by atoms with Crippen molar-refractivity contribution < 1.29 is 38.1 Å². The monoisotopic (exact) mass is 502 g/mol. The molecule has 2 atom stereocenters. The molecule has 2 aliphatic rings. The highest BCUT2D eigenvalue weighted by Crippen LogP contribution is 2.40. The van der Waals surface area contributed by atoms with Gasteiger partial charge in [-0.05, 0) is 25.9 Å². The van der Waals surface area contributed by atoms with Crippen LogP contribution in [0.15, 0.2) is 0 Å². The van der Waals surface area contributed by atoms with Crippen molar-refractivity contribution in [2.24, 2.45) is 5.41 Å². The predicted molar refractivity (Wildman–Crippen MR) is 126 cm³/mol. The van der Waals surface area contributed by atoms with Crippen LogP contribution in [-0.4, -0.2) is 80.6 Å². The Morgan fingerprint density at radius 3 is 2.65 bits per heavy atom. The lowest BCUT2D eigenvalue weighted by Crippen LogP contribution is -2.58. The summed E-state index contributed by atoms with van der Waals surface area (Å²) < 4.78 is 21.8. The molecule has 0 aliphatic carbocycles. The van der Waals surface area contributed by atoms with Crippen LogP contribution < -0.4 is 10.6 Å². The largest absolute Gasteiger partial charge is 0.469 e. The van der Waals surface area contributed by atoms with Gasteiger partial charge in [-0.15, -0.1) is 0 Å². The molecule has 2 heterocycles. The fraction of sp³-hybridized carbons (Fsp3) is 0.826. The number of carbonyl (C=O) groups is 4. The van der Waals surface area contributed by atoms with Crippen LogP contribution >= 0.6 is 11.8 Å². The average Bonchev–Trinajstić information content (AvgIpc) is 2.78. The van der Waals surface area contributed by atoms with Gasteiger partial charge in [0.1, 0.15) is 5.78 Å². The number of methoxy groups -OCH3 is 1. The highest BCUT2D eigenvalue weighted by Gasteiger charge is 2.50. The first-order valence-corrected chi connectivity index (χ1v) is 12.8. The molecule has 10 nitrogen and oxygen atoms in total. The molecule has 2 N–H and O–H groups in total. The highest BCUT2D eigenvalue weighted by atomic mass is 32.2. The third-order valence-electron chi connectivity index (χ3n) is 5.75. The predicted octanol–water partition coefficient (Wildman–Crippen LogP) is 1.55. The molecule has 0 aromatic carbocycles. The molecule has 0 radical (unpaired) electrons. The normalized spacial score (nSPS) is 24.0. The Kier molecular flexibility index (Phi) is 11.9. The molecule has 0 amide bonds. The SMILES string of the molecule is COC(=O)CCC(=O)CC(=O)SCCNCCCNC[C@@H]1OC2(CCCC(=O)O2)OCC1(C)C. The van der Waals surface area contributed by atoms with Crippen LogP contribution in [-0.2, 0) is 38.1 Å². The highest BCUT2D eigenvalue weighted by molar-refractivity contribution is 8.13. The van der Waals surface area contributed by atoms with Crippen LogP contribution in [0.25, 0.3) is 0 Å². The lowest BCUT2D eigenvalue weighted by Gasteiger charge is -2.48. The van der Waals surface area contributed by atoms with Crippen molar-refractivity contribution in [1.82, 2.24) is 10.6 Å². The molecule has 194 valence electrons. The van der Waals surface area contributed by atoms with E-state index in [1.807, 2.05) is 0 Å². The summed E-state index contributed by atoms with van der Waals surface area (Å²) in [5.74, 6) is -1.63. The first kappa shape index (κ1) is 28.7. The van der Waals surface area contributed by atoms with Gasteiger partial charge in [-0.2, -0.15) is 0 Å². The number of hydrogen-bond acceptors (Lipinski definition) is 11. The summed E-state index contributed by atoms with van der Waals surface area (Å²) in [5.41, 5.74) is -0.204. The van der Waals surface area contributed by atoms with Crippen molar-refractivity contribution in [1.29, 1.82) is 0 Å². The van der Waals surface area contributed by atoms with E-state index >= 15 is 0 Å². The second kappa shape index (κ2) is 14.1. The quantitative estimate of drug-likeness (QED) is 0.204. The van der Waals surface area contributed by atoms with Crippen molar-refractivity contribution in [3.63, 3.8) is 0 Å². The molecular formula is C23H38N2O8S. The molecule has 0 aromatic heterocycles. The van der Waals surface area contributed by atoms with Gasteiger partial charge in [-0.1, -0.05) is 25.6 Å². The Hall–Kier alpha value is -1.53. The second-order valence-electron chi connectivity index (χ2n) is 9.21. The average molecular weight is 503 g/mol.